The van der Waals surface area contributed by atoms with Crippen LogP contribution in [0.5, 0.6) is 0 Å². The van der Waals surface area contributed by atoms with Crippen molar-refractivity contribution in [3.63, 3.8) is 0 Å². The molecule has 24 heavy (non-hydrogen) atoms. The number of likely N-dealkylation sites (N-methyl/N-ethyl adjacent to an activating group) is 1. The standard InChI is InChI=1S/C18H37N5.HI/c1-3-19-18(21-17-9-5-4-6-10-17)20-11-7-13-23-14-8-12-22(2)15-16-23;/h17H,3-16H2,1-2H3,(H2,19,20,21);1H. The molecule has 1 saturated heterocycles. The first-order valence-corrected chi connectivity index (χ1v) is 9.73. The van der Waals surface area contributed by atoms with Gasteiger partial charge in [-0.2, -0.15) is 0 Å². The van der Waals surface area contributed by atoms with Crippen LogP contribution in [0.2, 0.25) is 0 Å². The van der Waals surface area contributed by atoms with Gasteiger partial charge < -0.3 is 20.4 Å². The van der Waals surface area contributed by atoms with Crippen LogP contribution in [-0.4, -0.2) is 74.7 Å². The first-order valence-electron chi connectivity index (χ1n) is 9.73. The minimum absolute atomic E-state index is 0. The van der Waals surface area contributed by atoms with Gasteiger partial charge in [-0.3, -0.25) is 4.99 Å². The Morgan fingerprint density at radius 2 is 1.83 bits per heavy atom. The van der Waals surface area contributed by atoms with Crippen molar-refractivity contribution in [1.29, 1.82) is 0 Å². The van der Waals surface area contributed by atoms with Gasteiger partial charge in [-0.05, 0) is 59.3 Å². The zero-order valence-corrected chi connectivity index (χ0v) is 18.1. The number of halogens is 1. The SMILES string of the molecule is CCNC(=NCCCN1CCCN(C)CC1)NC1CCCCC1.I. The number of hydrogen-bond donors (Lipinski definition) is 2. The fraction of sp³-hybridized carbons (Fsp3) is 0.944. The van der Waals surface area contributed by atoms with E-state index in [1.165, 1.54) is 71.2 Å². The predicted octanol–water partition coefficient (Wildman–Crippen LogP) is 2.52. The van der Waals surface area contributed by atoms with Crippen molar-refractivity contribution >= 4 is 29.9 Å². The quantitative estimate of drug-likeness (QED) is 0.282. The minimum atomic E-state index is 0. The monoisotopic (exact) mass is 451 g/mol. The summed E-state index contributed by atoms with van der Waals surface area (Å²) in [6.07, 6.45) is 9.17. The molecule has 1 aliphatic carbocycles. The fourth-order valence-corrected chi connectivity index (χ4v) is 3.57. The average Bonchev–Trinajstić information content (AvgIpc) is 2.77. The molecule has 0 aromatic carbocycles. The number of nitrogens with one attached hydrogen (secondary N) is 2. The Hall–Kier alpha value is -0.0800. The third-order valence-corrected chi connectivity index (χ3v) is 5.00. The first-order chi connectivity index (χ1) is 11.3. The van der Waals surface area contributed by atoms with E-state index in [0.717, 1.165) is 25.5 Å². The Morgan fingerprint density at radius 1 is 1.04 bits per heavy atom. The summed E-state index contributed by atoms with van der Waals surface area (Å²) in [5.74, 6) is 1.02. The number of guanidine groups is 1. The molecule has 0 aromatic rings. The Labute approximate surface area is 166 Å². The third kappa shape index (κ3) is 8.85. The van der Waals surface area contributed by atoms with Crippen molar-refractivity contribution in [1.82, 2.24) is 20.4 Å². The van der Waals surface area contributed by atoms with E-state index in [4.69, 9.17) is 4.99 Å². The second kappa shape index (κ2) is 13.2. The second-order valence-electron chi connectivity index (χ2n) is 7.09. The summed E-state index contributed by atoms with van der Waals surface area (Å²) in [5.41, 5.74) is 0. The van der Waals surface area contributed by atoms with Crippen LogP contribution < -0.4 is 10.6 Å². The van der Waals surface area contributed by atoms with Crippen molar-refractivity contribution in [2.45, 2.75) is 57.9 Å². The van der Waals surface area contributed by atoms with E-state index in [1.807, 2.05) is 0 Å². The maximum Gasteiger partial charge on any atom is 0.191 e. The van der Waals surface area contributed by atoms with Crippen molar-refractivity contribution in [2.75, 3.05) is 52.9 Å². The molecule has 1 saturated carbocycles. The van der Waals surface area contributed by atoms with Gasteiger partial charge in [-0.25, -0.2) is 0 Å². The third-order valence-electron chi connectivity index (χ3n) is 5.00. The number of hydrogen-bond acceptors (Lipinski definition) is 3. The summed E-state index contributed by atoms with van der Waals surface area (Å²) in [6, 6.07) is 0.627. The molecule has 0 bridgehead atoms. The fourth-order valence-electron chi connectivity index (χ4n) is 3.57. The second-order valence-corrected chi connectivity index (χ2v) is 7.09. The van der Waals surface area contributed by atoms with Crippen molar-refractivity contribution in [3.05, 3.63) is 0 Å². The molecular weight excluding hydrogens is 413 g/mol. The van der Waals surface area contributed by atoms with Crippen LogP contribution in [0.3, 0.4) is 0 Å². The molecule has 2 rings (SSSR count). The molecule has 6 heteroatoms. The van der Waals surface area contributed by atoms with E-state index >= 15 is 0 Å². The molecule has 0 amide bonds. The molecular formula is C18H38IN5. The highest BCUT2D eigenvalue weighted by molar-refractivity contribution is 14.0. The Bertz CT molecular complexity index is 344. The summed E-state index contributed by atoms with van der Waals surface area (Å²) >= 11 is 0. The lowest BCUT2D eigenvalue weighted by Gasteiger charge is -2.25. The van der Waals surface area contributed by atoms with Gasteiger partial charge in [0.2, 0.25) is 0 Å². The summed E-state index contributed by atoms with van der Waals surface area (Å²) in [5, 5.41) is 7.03. The molecule has 0 spiro atoms. The topological polar surface area (TPSA) is 42.9 Å². The lowest BCUT2D eigenvalue weighted by atomic mass is 9.96. The van der Waals surface area contributed by atoms with Crippen molar-refractivity contribution < 1.29 is 0 Å². The Balaban J connectivity index is 0.00000288. The van der Waals surface area contributed by atoms with Gasteiger partial charge in [0.15, 0.2) is 5.96 Å². The lowest BCUT2D eigenvalue weighted by molar-refractivity contribution is 0.275. The van der Waals surface area contributed by atoms with Gasteiger partial charge >= 0.3 is 0 Å². The van der Waals surface area contributed by atoms with Crippen molar-refractivity contribution in [3.8, 4) is 0 Å². The molecule has 1 heterocycles. The summed E-state index contributed by atoms with van der Waals surface area (Å²) in [6.45, 7) is 10.1. The highest BCUT2D eigenvalue weighted by Gasteiger charge is 2.14. The first kappa shape index (κ1) is 22.0. The maximum atomic E-state index is 4.79. The van der Waals surface area contributed by atoms with Gasteiger partial charge in [-0.15, -0.1) is 24.0 Å². The summed E-state index contributed by atoms with van der Waals surface area (Å²) in [4.78, 5) is 9.83. The summed E-state index contributed by atoms with van der Waals surface area (Å²) in [7, 11) is 2.23. The molecule has 142 valence electrons. The molecule has 2 fully saturated rings. The summed E-state index contributed by atoms with van der Waals surface area (Å²) < 4.78 is 0. The zero-order valence-electron chi connectivity index (χ0n) is 15.7. The van der Waals surface area contributed by atoms with Gasteiger partial charge in [0.1, 0.15) is 0 Å². The van der Waals surface area contributed by atoms with E-state index in [-0.39, 0.29) is 24.0 Å². The van der Waals surface area contributed by atoms with E-state index in [1.54, 1.807) is 0 Å². The maximum absolute atomic E-state index is 4.79. The highest BCUT2D eigenvalue weighted by atomic mass is 127. The minimum Gasteiger partial charge on any atom is -0.357 e. The van der Waals surface area contributed by atoms with Crippen LogP contribution >= 0.6 is 24.0 Å². The van der Waals surface area contributed by atoms with E-state index < -0.39 is 0 Å². The van der Waals surface area contributed by atoms with Gasteiger partial charge in [0.05, 0.1) is 0 Å². The molecule has 1 aliphatic heterocycles. The average molecular weight is 451 g/mol. The smallest absolute Gasteiger partial charge is 0.191 e. The van der Waals surface area contributed by atoms with Crippen LogP contribution in [0.1, 0.15) is 51.9 Å². The molecule has 5 nitrogen and oxygen atoms in total. The molecule has 2 aliphatic rings. The number of rotatable bonds is 6. The molecule has 2 N–H and O–H groups in total. The predicted molar refractivity (Wildman–Crippen MR) is 115 cm³/mol. The molecule has 0 unspecified atom stereocenters. The van der Waals surface area contributed by atoms with Crippen LogP contribution in [-0.2, 0) is 0 Å². The van der Waals surface area contributed by atoms with E-state index in [2.05, 4.69) is 34.4 Å². The molecule has 0 radical (unpaired) electrons. The number of nitrogens with zero attached hydrogens (tertiary/aromatic N) is 3. The molecule has 0 aromatic heterocycles. The lowest BCUT2D eigenvalue weighted by Crippen LogP contribution is -2.44. The van der Waals surface area contributed by atoms with Crippen molar-refractivity contribution in [2.24, 2.45) is 4.99 Å². The zero-order chi connectivity index (χ0) is 16.3. The van der Waals surface area contributed by atoms with E-state index in [0.29, 0.717) is 6.04 Å². The molecule has 0 atom stereocenters. The Morgan fingerprint density at radius 3 is 2.58 bits per heavy atom. The van der Waals surface area contributed by atoms with Crippen LogP contribution in [0.15, 0.2) is 4.99 Å². The normalized spacial score (nSPS) is 21.8. The van der Waals surface area contributed by atoms with Gasteiger partial charge in [0, 0.05) is 32.2 Å². The van der Waals surface area contributed by atoms with Crippen LogP contribution in [0.25, 0.3) is 0 Å². The van der Waals surface area contributed by atoms with Gasteiger partial charge in [0.25, 0.3) is 0 Å². The van der Waals surface area contributed by atoms with Gasteiger partial charge in [-0.1, -0.05) is 19.3 Å². The highest BCUT2D eigenvalue weighted by Crippen LogP contribution is 2.17. The van der Waals surface area contributed by atoms with Crippen LogP contribution in [0, 0.1) is 0 Å². The van der Waals surface area contributed by atoms with Crippen LogP contribution in [0.4, 0.5) is 0 Å². The van der Waals surface area contributed by atoms with E-state index in [9.17, 15) is 0 Å². The largest absolute Gasteiger partial charge is 0.357 e. The Kier molecular flexibility index (Phi) is 12.0. The number of aliphatic imine (C=N–C) groups is 1.